The zero-order chi connectivity index (χ0) is 13.1. The van der Waals surface area contributed by atoms with Gasteiger partial charge >= 0.3 is 0 Å². The second-order valence-electron chi connectivity index (χ2n) is 6.06. The highest BCUT2D eigenvalue weighted by atomic mass is 16.2. The Morgan fingerprint density at radius 1 is 1.39 bits per heavy atom. The summed E-state index contributed by atoms with van der Waals surface area (Å²) in [5.41, 5.74) is 0. The van der Waals surface area contributed by atoms with Gasteiger partial charge in [0.2, 0.25) is 5.91 Å². The lowest BCUT2D eigenvalue weighted by Crippen LogP contribution is -2.50. The van der Waals surface area contributed by atoms with Crippen LogP contribution in [0.15, 0.2) is 0 Å². The van der Waals surface area contributed by atoms with Crippen LogP contribution in [0, 0.1) is 0 Å². The van der Waals surface area contributed by atoms with Crippen molar-refractivity contribution >= 4 is 5.91 Å². The fraction of sp³-hybridized carbons (Fsp3) is 0.929. The Bertz CT molecular complexity index is 283. The summed E-state index contributed by atoms with van der Waals surface area (Å²) in [5.74, 6) is 0.165. The molecule has 0 radical (unpaired) electrons. The van der Waals surface area contributed by atoms with E-state index in [-0.39, 0.29) is 11.9 Å². The van der Waals surface area contributed by atoms with Crippen molar-refractivity contribution in [1.29, 1.82) is 0 Å². The molecule has 0 spiro atoms. The van der Waals surface area contributed by atoms with E-state index in [2.05, 4.69) is 36.4 Å². The molecule has 4 nitrogen and oxygen atoms in total. The molecular formula is C14H27N3O. The fourth-order valence-electron chi connectivity index (χ4n) is 3.17. The molecule has 2 rings (SSSR count). The highest BCUT2D eigenvalue weighted by molar-refractivity contribution is 5.78. The Balaban J connectivity index is 1.77. The topological polar surface area (TPSA) is 44.4 Å². The second-order valence-corrected chi connectivity index (χ2v) is 6.06. The van der Waals surface area contributed by atoms with Gasteiger partial charge in [-0.3, -0.25) is 9.69 Å². The molecule has 2 saturated heterocycles. The second kappa shape index (κ2) is 6.02. The molecule has 2 aliphatic heterocycles. The summed E-state index contributed by atoms with van der Waals surface area (Å²) in [4.78, 5) is 14.1. The number of carbonyl (C=O) groups is 1. The van der Waals surface area contributed by atoms with E-state index in [0.717, 1.165) is 6.42 Å². The van der Waals surface area contributed by atoms with Gasteiger partial charge in [0, 0.05) is 24.2 Å². The van der Waals surface area contributed by atoms with E-state index < -0.39 is 0 Å². The van der Waals surface area contributed by atoms with Gasteiger partial charge in [0.05, 0.1) is 6.54 Å². The number of amides is 1. The van der Waals surface area contributed by atoms with E-state index >= 15 is 0 Å². The highest BCUT2D eigenvalue weighted by Gasteiger charge is 2.35. The maximum atomic E-state index is 11.9. The van der Waals surface area contributed by atoms with Gasteiger partial charge in [0.1, 0.15) is 0 Å². The molecule has 2 heterocycles. The summed E-state index contributed by atoms with van der Waals surface area (Å²) >= 11 is 0. The first-order valence-electron chi connectivity index (χ1n) is 7.34. The smallest absolute Gasteiger partial charge is 0.234 e. The third kappa shape index (κ3) is 3.45. The number of fused-ring (bicyclic) bond motifs is 2. The lowest BCUT2D eigenvalue weighted by Gasteiger charge is -2.35. The number of nitrogens with one attached hydrogen (secondary N) is 2. The zero-order valence-electron chi connectivity index (χ0n) is 11.9. The zero-order valence-corrected chi connectivity index (χ0v) is 11.9. The van der Waals surface area contributed by atoms with Crippen molar-refractivity contribution in [1.82, 2.24) is 15.5 Å². The van der Waals surface area contributed by atoms with Crippen LogP contribution in [0.1, 0.15) is 46.0 Å². The first-order valence-corrected chi connectivity index (χ1v) is 7.34. The highest BCUT2D eigenvalue weighted by Crippen LogP contribution is 2.29. The lowest BCUT2D eigenvalue weighted by atomic mass is 9.98. The molecule has 2 aliphatic rings. The molecule has 2 bridgehead atoms. The van der Waals surface area contributed by atoms with E-state index in [4.69, 9.17) is 0 Å². The third-order valence-corrected chi connectivity index (χ3v) is 4.48. The first kappa shape index (κ1) is 13.8. The number of hydrogen-bond donors (Lipinski definition) is 2. The summed E-state index contributed by atoms with van der Waals surface area (Å²) in [6.07, 6.45) is 6.02. The molecule has 3 atom stereocenters. The van der Waals surface area contributed by atoms with Gasteiger partial charge in [-0.2, -0.15) is 0 Å². The van der Waals surface area contributed by atoms with E-state index in [1.54, 1.807) is 0 Å². The van der Waals surface area contributed by atoms with E-state index in [0.29, 0.717) is 24.7 Å². The van der Waals surface area contributed by atoms with Gasteiger partial charge < -0.3 is 10.6 Å². The number of nitrogens with zero attached hydrogens (tertiary/aromatic N) is 1. The summed E-state index contributed by atoms with van der Waals surface area (Å²) in [6, 6.07) is 2.24. The molecule has 0 aromatic rings. The van der Waals surface area contributed by atoms with Crippen molar-refractivity contribution in [2.24, 2.45) is 0 Å². The minimum atomic E-state index is 0.165. The molecular weight excluding hydrogens is 226 g/mol. The Morgan fingerprint density at radius 3 is 2.56 bits per heavy atom. The van der Waals surface area contributed by atoms with Crippen LogP contribution in [0.2, 0.25) is 0 Å². The molecule has 0 aliphatic carbocycles. The molecule has 104 valence electrons. The van der Waals surface area contributed by atoms with Crippen LogP contribution in [0.3, 0.4) is 0 Å². The average molecular weight is 253 g/mol. The van der Waals surface area contributed by atoms with Crippen LogP contribution in [-0.4, -0.2) is 48.6 Å². The summed E-state index contributed by atoms with van der Waals surface area (Å²) in [6.45, 7) is 4.69. The molecule has 1 amide bonds. The Kier molecular flexibility index (Phi) is 4.62. The minimum Gasteiger partial charge on any atom is -0.353 e. The van der Waals surface area contributed by atoms with Crippen molar-refractivity contribution in [2.45, 2.75) is 70.1 Å². The summed E-state index contributed by atoms with van der Waals surface area (Å²) in [5, 5.41) is 6.68. The predicted molar refractivity (Wildman–Crippen MR) is 73.5 cm³/mol. The maximum absolute atomic E-state index is 11.9. The first-order chi connectivity index (χ1) is 8.58. The van der Waals surface area contributed by atoms with Crippen LogP contribution in [0.25, 0.3) is 0 Å². The number of rotatable bonds is 5. The normalized spacial score (nSPS) is 32.6. The van der Waals surface area contributed by atoms with Gasteiger partial charge in [-0.1, -0.05) is 6.92 Å². The molecule has 2 N–H and O–H groups in total. The van der Waals surface area contributed by atoms with Crippen molar-refractivity contribution in [3.8, 4) is 0 Å². The van der Waals surface area contributed by atoms with Crippen molar-refractivity contribution in [3.05, 3.63) is 0 Å². The van der Waals surface area contributed by atoms with Gasteiger partial charge in [-0.25, -0.2) is 0 Å². The van der Waals surface area contributed by atoms with Crippen molar-refractivity contribution in [3.63, 3.8) is 0 Å². The number of carbonyl (C=O) groups excluding carboxylic acids is 1. The lowest BCUT2D eigenvalue weighted by molar-refractivity contribution is -0.123. The number of likely N-dealkylation sites (N-methyl/N-ethyl adjacent to an activating group) is 1. The SMILES string of the molecule is CCC(C)NC(=O)CN(C)C1CC2CCC(C1)N2. The monoisotopic (exact) mass is 253 g/mol. The Labute approximate surface area is 110 Å². The Morgan fingerprint density at radius 2 is 2.00 bits per heavy atom. The van der Waals surface area contributed by atoms with Gasteiger partial charge in [-0.05, 0) is 46.1 Å². The maximum Gasteiger partial charge on any atom is 0.234 e. The fourth-order valence-corrected chi connectivity index (χ4v) is 3.17. The van der Waals surface area contributed by atoms with Crippen molar-refractivity contribution < 1.29 is 4.79 Å². The quantitative estimate of drug-likeness (QED) is 0.771. The molecule has 2 fully saturated rings. The van der Waals surface area contributed by atoms with E-state index in [1.165, 1.54) is 25.7 Å². The molecule has 4 heteroatoms. The molecule has 0 saturated carbocycles. The molecule has 0 aromatic carbocycles. The van der Waals surface area contributed by atoms with Crippen LogP contribution >= 0.6 is 0 Å². The molecule has 18 heavy (non-hydrogen) atoms. The summed E-state index contributed by atoms with van der Waals surface area (Å²) < 4.78 is 0. The predicted octanol–water partition coefficient (Wildman–Crippen LogP) is 1.12. The average Bonchev–Trinajstić information content (AvgIpc) is 2.67. The third-order valence-electron chi connectivity index (χ3n) is 4.48. The summed E-state index contributed by atoms with van der Waals surface area (Å²) in [7, 11) is 2.09. The van der Waals surface area contributed by atoms with Crippen molar-refractivity contribution in [2.75, 3.05) is 13.6 Å². The molecule has 0 aromatic heterocycles. The van der Waals surface area contributed by atoms with Gasteiger partial charge in [-0.15, -0.1) is 0 Å². The molecule has 3 unspecified atom stereocenters. The van der Waals surface area contributed by atoms with Gasteiger partial charge in [0.25, 0.3) is 0 Å². The van der Waals surface area contributed by atoms with Crippen LogP contribution in [0.5, 0.6) is 0 Å². The van der Waals surface area contributed by atoms with Crippen LogP contribution in [-0.2, 0) is 4.79 Å². The number of hydrogen-bond acceptors (Lipinski definition) is 3. The van der Waals surface area contributed by atoms with E-state index in [1.807, 2.05) is 0 Å². The number of piperidine rings is 1. The minimum absolute atomic E-state index is 0.165. The van der Waals surface area contributed by atoms with Crippen LogP contribution in [0.4, 0.5) is 0 Å². The Hall–Kier alpha value is -0.610. The van der Waals surface area contributed by atoms with Crippen LogP contribution < -0.4 is 10.6 Å². The van der Waals surface area contributed by atoms with Gasteiger partial charge in [0.15, 0.2) is 0 Å². The standard InChI is InChI=1S/C14H27N3O/c1-4-10(2)15-14(18)9-17(3)13-7-11-5-6-12(8-13)16-11/h10-13,16H,4-9H2,1-3H3,(H,15,18). The van der Waals surface area contributed by atoms with E-state index in [9.17, 15) is 4.79 Å². The largest absolute Gasteiger partial charge is 0.353 e.